The summed E-state index contributed by atoms with van der Waals surface area (Å²) in [6, 6.07) is 17.9. The van der Waals surface area contributed by atoms with E-state index >= 15 is 0 Å². The number of benzene rings is 3. The average Bonchev–Trinajstić information content (AvgIpc) is 3.39. The minimum Gasteiger partial charge on any atom is -0.464 e. The number of hydrogen-bond donors (Lipinski definition) is 1. The SMILES string of the molecule is OC(CN(Cc1ccc(C(F)(F)F)cc1F)c1cccc(Oc2cccc(-c3ccco3)c2)c1)C(F)(F)F. The lowest BCUT2D eigenvalue weighted by atomic mass is 10.1. The summed E-state index contributed by atoms with van der Waals surface area (Å²) in [6.45, 7) is -1.55. The van der Waals surface area contributed by atoms with Crippen molar-refractivity contribution < 1.29 is 45.0 Å². The van der Waals surface area contributed by atoms with E-state index in [1.165, 1.54) is 24.5 Å². The first-order valence-corrected chi connectivity index (χ1v) is 11.2. The molecule has 1 atom stereocenters. The van der Waals surface area contributed by atoms with Gasteiger partial charge in [-0.05, 0) is 48.5 Å². The van der Waals surface area contributed by atoms with Crippen molar-refractivity contribution in [1.29, 1.82) is 0 Å². The molecule has 1 aromatic heterocycles. The van der Waals surface area contributed by atoms with Crippen LogP contribution in [0.5, 0.6) is 11.5 Å². The van der Waals surface area contributed by atoms with Gasteiger partial charge in [-0.3, -0.25) is 0 Å². The Morgan fingerprint density at radius 3 is 2.18 bits per heavy atom. The molecule has 1 heterocycles. The lowest BCUT2D eigenvalue weighted by Gasteiger charge is -2.29. The van der Waals surface area contributed by atoms with E-state index in [9.17, 15) is 35.8 Å². The Balaban J connectivity index is 1.62. The number of nitrogens with zero attached hydrogens (tertiary/aromatic N) is 1. The molecule has 38 heavy (non-hydrogen) atoms. The molecule has 1 unspecified atom stereocenters. The lowest BCUT2D eigenvalue weighted by Crippen LogP contribution is -2.41. The molecule has 0 radical (unpaired) electrons. The van der Waals surface area contributed by atoms with Crippen molar-refractivity contribution >= 4 is 5.69 Å². The predicted molar refractivity (Wildman–Crippen MR) is 125 cm³/mol. The van der Waals surface area contributed by atoms with E-state index in [2.05, 4.69) is 0 Å². The van der Waals surface area contributed by atoms with Crippen LogP contribution >= 0.6 is 0 Å². The summed E-state index contributed by atoms with van der Waals surface area (Å²) in [5, 5.41) is 9.69. The number of rotatable bonds is 8. The van der Waals surface area contributed by atoms with Crippen LogP contribution in [-0.2, 0) is 12.7 Å². The van der Waals surface area contributed by atoms with E-state index < -0.39 is 42.9 Å². The summed E-state index contributed by atoms with van der Waals surface area (Å²) >= 11 is 0. The molecule has 0 aliphatic rings. The minimum absolute atomic E-state index is 0.118. The number of furan rings is 1. The van der Waals surface area contributed by atoms with Crippen LogP contribution in [0.25, 0.3) is 11.3 Å². The minimum atomic E-state index is -4.97. The number of aliphatic hydroxyl groups excluding tert-OH is 1. The highest BCUT2D eigenvalue weighted by Crippen LogP contribution is 2.33. The van der Waals surface area contributed by atoms with Crippen molar-refractivity contribution in [3.63, 3.8) is 0 Å². The number of alkyl halides is 6. The molecule has 0 spiro atoms. The normalized spacial score (nSPS) is 12.8. The zero-order valence-corrected chi connectivity index (χ0v) is 19.4. The van der Waals surface area contributed by atoms with Crippen LogP contribution in [0.2, 0.25) is 0 Å². The van der Waals surface area contributed by atoms with E-state index in [1.54, 1.807) is 42.5 Å². The van der Waals surface area contributed by atoms with Gasteiger partial charge in [-0.25, -0.2) is 4.39 Å². The van der Waals surface area contributed by atoms with Crippen molar-refractivity contribution in [2.45, 2.75) is 25.0 Å². The van der Waals surface area contributed by atoms with Gasteiger partial charge in [0.05, 0.1) is 18.4 Å². The van der Waals surface area contributed by atoms with Gasteiger partial charge in [0.2, 0.25) is 0 Å². The average molecular weight is 539 g/mol. The zero-order chi connectivity index (χ0) is 27.5. The number of ether oxygens (including phenoxy) is 1. The van der Waals surface area contributed by atoms with Gasteiger partial charge in [0.15, 0.2) is 6.10 Å². The third-order valence-electron chi connectivity index (χ3n) is 5.57. The van der Waals surface area contributed by atoms with Crippen molar-refractivity contribution in [2.75, 3.05) is 11.4 Å². The maximum absolute atomic E-state index is 14.5. The summed E-state index contributed by atoms with van der Waals surface area (Å²) in [7, 11) is 0. The fraction of sp³-hybridized carbons (Fsp3) is 0.185. The van der Waals surface area contributed by atoms with E-state index in [1.807, 2.05) is 0 Å². The van der Waals surface area contributed by atoms with Crippen molar-refractivity contribution in [3.8, 4) is 22.8 Å². The van der Waals surface area contributed by atoms with Crippen LogP contribution in [-0.4, -0.2) is 23.9 Å². The van der Waals surface area contributed by atoms with Crippen molar-refractivity contribution in [3.05, 3.63) is 102 Å². The smallest absolute Gasteiger partial charge is 0.416 e. The Kier molecular flexibility index (Phi) is 7.68. The van der Waals surface area contributed by atoms with Gasteiger partial charge in [0.25, 0.3) is 0 Å². The largest absolute Gasteiger partial charge is 0.464 e. The lowest BCUT2D eigenvalue weighted by molar-refractivity contribution is -0.200. The molecular formula is C27H20F7NO3. The Morgan fingerprint density at radius 2 is 1.55 bits per heavy atom. The maximum atomic E-state index is 14.5. The molecule has 0 bridgehead atoms. The highest BCUT2D eigenvalue weighted by molar-refractivity contribution is 5.60. The molecule has 0 amide bonds. The number of anilines is 1. The highest BCUT2D eigenvalue weighted by Gasteiger charge is 2.39. The number of aliphatic hydroxyl groups is 1. The molecule has 4 nitrogen and oxygen atoms in total. The molecule has 0 aliphatic carbocycles. The van der Waals surface area contributed by atoms with Gasteiger partial charge in [0.1, 0.15) is 23.1 Å². The van der Waals surface area contributed by atoms with Crippen LogP contribution in [0, 0.1) is 5.82 Å². The standard InChI is InChI=1S/C27H20F7NO3/c28-23-13-19(26(29,30)31)10-9-18(23)15-35(16-25(36)27(32,33)34)20-5-2-7-22(14-20)38-21-6-1-4-17(12-21)24-8-3-11-37-24/h1-14,25,36H,15-16H2. The Hall–Kier alpha value is -3.99. The second-order valence-corrected chi connectivity index (χ2v) is 8.35. The van der Waals surface area contributed by atoms with E-state index in [0.29, 0.717) is 17.6 Å². The summed E-state index contributed by atoms with van der Waals surface area (Å²) in [4.78, 5) is 1.01. The second-order valence-electron chi connectivity index (χ2n) is 8.35. The third-order valence-corrected chi connectivity index (χ3v) is 5.57. The summed E-state index contributed by atoms with van der Waals surface area (Å²) in [6.07, 6.45) is -11.0. The summed E-state index contributed by atoms with van der Waals surface area (Å²) in [5.41, 5.74) is -0.679. The van der Waals surface area contributed by atoms with Crippen molar-refractivity contribution in [1.82, 2.24) is 0 Å². The third kappa shape index (κ3) is 6.65. The fourth-order valence-electron chi connectivity index (χ4n) is 3.67. The predicted octanol–water partition coefficient (Wildman–Crippen LogP) is 7.83. The van der Waals surface area contributed by atoms with Gasteiger partial charge in [0, 0.05) is 29.4 Å². The van der Waals surface area contributed by atoms with E-state index in [0.717, 1.165) is 16.5 Å². The van der Waals surface area contributed by atoms with Crippen LogP contribution in [0.15, 0.2) is 89.5 Å². The Morgan fingerprint density at radius 1 is 0.842 bits per heavy atom. The number of hydrogen-bond acceptors (Lipinski definition) is 4. The maximum Gasteiger partial charge on any atom is 0.416 e. The topological polar surface area (TPSA) is 45.8 Å². The fourth-order valence-corrected chi connectivity index (χ4v) is 3.67. The first-order chi connectivity index (χ1) is 17.9. The number of halogens is 7. The highest BCUT2D eigenvalue weighted by atomic mass is 19.4. The Bertz CT molecular complexity index is 1370. The van der Waals surface area contributed by atoms with Gasteiger partial charge in [-0.1, -0.05) is 24.3 Å². The molecule has 4 aromatic rings. The molecule has 1 N–H and O–H groups in total. The van der Waals surface area contributed by atoms with Gasteiger partial charge in [-0.15, -0.1) is 0 Å². The molecular weight excluding hydrogens is 519 g/mol. The second kappa shape index (κ2) is 10.8. The van der Waals surface area contributed by atoms with Crippen LogP contribution in [0.3, 0.4) is 0 Å². The molecule has 0 saturated heterocycles. The molecule has 3 aromatic carbocycles. The van der Waals surface area contributed by atoms with Gasteiger partial charge in [-0.2, -0.15) is 26.3 Å². The first kappa shape index (κ1) is 27.1. The molecule has 11 heteroatoms. The molecule has 200 valence electrons. The molecule has 0 aliphatic heterocycles. The van der Waals surface area contributed by atoms with Gasteiger partial charge < -0.3 is 19.2 Å². The van der Waals surface area contributed by atoms with Crippen LogP contribution in [0.1, 0.15) is 11.1 Å². The van der Waals surface area contributed by atoms with Crippen LogP contribution in [0.4, 0.5) is 36.4 Å². The van der Waals surface area contributed by atoms with E-state index in [-0.39, 0.29) is 23.1 Å². The van der Waals surface area contributed by atoms with Crippen LogP contribution < -0.4 is 9.64 Å². The zero-order valence-electron chi connectivity index (χ0n) is 19.4. The summed E-state index contributed by atoms with van der Waals surface area (Å²) in [5.74, 6) is -0.0336. The molecule has 0 saturated carbocycles. The molecule has 0 fully saturated rings. The Labute approximate surface area is 212 Å². The molecule has 4 rings (SSSR count). The quantitative estimate of drug-likeness (QED) is 0.232. The van der Waals surface area contributed by atoms with Gasteiger partial charge >= 0.3 is 12.4 Å². The summed E-state index contributed by atoms with van der Waals surface area (Å²) < 4.78 is 104. The monoisotopic (exact) mass is 539 g/mol. The first-order valence-electron chi connectivity index (χ1n) is 11.2. The van der Waals surface area contributed by atoms with E-state index in [4.69, 9.17) is 9.15 Å². The van der Waals surface area contributed by atoms with Crippen molar-refractivity contribution in [2.24, 2.45) is 0 Å².